The smallest absolute Gasteiger partial charge is 0.306 e. The molecular weight excluding hydrogens is 516 g/mol. The van der Waals surface area contributed by atoms with Gasteiger partial charge in [0.1, 0.15) is 0 Å². The summed E-state index contributed by atoms with van der Waals surface area (Å²) < 4.78 is 1.50. The van der Waals surface area contributed by atoms with Crippen LogP contribution in [0.3, 0.4) is 0 Å². The third-order valence-electron chi connectivity index (χ3n) is 9.10. The number of aliphatic carboxylic acids is 1. The molecule has 0 spiro atoms. The Labute approximate surface area is 233 Å². The number of nitrogens with two attached hydrogens (primary N) is 1. The molecule has 39 heavy (non-hydrogen) atoms. The van der Waals surface area contributed by atoms with E-state index in [0.717, 1.165) is 40.9 Å². The Bertz CT molecular complexity index is 1390. The van der Waals surface area contributed by atoms with Gasteiger partial charge >= 0.3 is 5.97 Å². The van der Waals surface area contributed by atoms with Crippen LogP contribution in [0.1, 0.15) is 84.2 Å². The highest BCUT2D eigenvalue weighted by Crippen LogP contribution is 2.44. The van der Waals surface area contributed by atoms with Gasteiger partial charge in [-0.1, -0.05) is 36.7 Å². The van der Waals surface area contributed by atoms with Crippen LogP contribution in [0.15, 0.2) is 24.3 Å². The summed E-state index contributed by atoms with van der Waals surface area (Å²) in [6.07, 6.45) is 7.42. The number of hydrogen-bond acceptors (Lipinski definition) is 5. The summed E-state index contributed by atoms with van der Waals surface area (Å²) in [6.45, 7) is 3.98. The van der Waals surface area contributed by atoms with Gasteiger partial charge in [0.05, 0.1) is 27.9 Å². The van der Waals surface area contributed by atoms with Gasteiger partial charge in [-0.3, -0.25) is 14.4 Å². The fourth-order valence-electron chi connectivity index (χ4n) is 6.55. The molecule has 1 saturated carbocycles. The molecule has 206 valence electrons. The molecule has 1 aliphatic heterocycles. The monoisotopic (exact) mass is 550 g/mol. The van der Waals surface area contributed by atoms with Crippen LogP contribution in [-0.2, 0) is 22.4 Å². The van der Waals surface area contributed by atoms with Crippen LogP contribution in [0.25, 0.3) is 5.57 Å². The van der Waals surface area contributed by atoms with E-state index in [1.54, 1.807) is 6.07 Å². The SMILES string of the molecule is CC1(CN)CN(C(=O)C2CCc3c(C4=CCC(C(=O)O)CC4)nn(C(=O)c4c(Cl)cccc4C4CC4)c3C2)C1. The first-order valence-corrected chi connectivity index (χ1v) is 14.4. The van der Waals surface area contributed by atoms with E-state index in [1.807, 2.05) is 23.1 Å². The lowest BCUT2D eigenvalue weighted by Crippen LogP contribution is -2.61. The van der Waals surface area contributed by atoms with Crippen LogP contribution in [0.5, 0.6) is 0 Å². The van der Waals surface area contributed by atoms with Gasteiger partial charge in [0, 0.05) is 43.0 Å². The number of carbonyl (C=O) groups is 3. The maximum Gasteiger partial charge on any atom is 0.306 e. The van der Waals surface area contributed by atoms with Crippen molar-refractivity contribution < 1.29 is 19.5 Å². The van der Waals surface area contributed by atoms with E-state index in [4.69, 9.17) is 22.4 Å². The average Bonchev–Trinajstić information content (AvgIpc) is 3.70. The second-order valence-corrected chi connectivity index (χ2v) is 12.6. The zero-order valence-electron chi connectivity index (χ0n) is 22.3. The Balaban J connectivity index is 1.36. The highest BCUT2D eigenvalue weighted by molar-refractivity contribution is 6.34. The lowest BCUT2D eigenvalue weighted by Gasteiger charge is -2.48. The number of allylic oxidation sites excluding steroid dienone is 2. The molecule has 2 atom stereocenters. The Morgan fingerprint density at radius 2 is 1.87 bits per heavy atom. The fourth-order valence-corrected chi connectivity index (χ4v) is 6.81. The summed E-state index contributed by atoms with van der Waals surface area (Å²) in [6, 6.07) is 5.62. The molecule has 3 aliphatic carbocycles. The van der Waals surface area contributed by atoms with E-state index in [0.29, 0.717) is 74.7 Å². The number of likely N-dealkylation sites (tertiary alicyclic amines) is 1. The highest BCUT2D eigenvalue weighted by atomic mass is 35.5. The lowest BCUT2D eigenvalue weighted by atomic mass is 9.78. The lowest BCUT2D eigenvalue weighted by molar-refractivity contribution is -0.147. The summed E-state index contributed by atoms with van der Waals surface area (Å²) in [4.78, 5) is 41.0. The van der Waals surface area contributed by atoms with Crippen molar-refractivity contribution in [2.75, 3.05) is 19.6 Å². The Hall–Kier alpha value is -2.97. The number of hydrogen-bond donors (Lipinski definition) is 2. The molecule has 4 aliphatic rings. The number of nitrogens with zero attached hydrogens (tertiary/aromatic N) is 3. The summed E-state index contributed by atoms with van der Waals surface area (Å²) in [5.74, 6) is -1.20. The van der Waals surface area contributed by atoms with Gasteiger partial charge in [0.2, 0.25) is 5.91 Å². The van der Waals surface area contributed by atoms with Gasteiger partial charge in [-0.05, 0) is 68.1 Å². The molecule has 0 radical (unpaired) electrons. The standard InChI is InChI=1S/C30H35ClN4O4/c1-30(14-32)15-34(16-30)27(36)20-11-12-22-24(13-20)35(33-26(22)18-7-9-19(10-8-18)29(38)39)28(37)25-21(17-5-6-17)3-2-4-23(25)31/h2-4,7,17,19-20H,5-6,8-16,32H2,1H3,(H,38,39). The molecule has 1 amide bonds. The zero-order chi connectivity index (χ0) is 27.5. The fraction of sp³-hybridized carbons (Fsp3) is 0.533. The predicted octanol–water partition coefficient (Wildman–Crippen LogP) is 4.28. The van der Waals surface area contributed by atoms with E-state index in [1.165, 1.54) is 4.68 Å². The molecule has 9 heteroatoms. The van der Waals surface area contributed by atoms with Crippen LogP contribution in [0, 0.1) is 17.3 Å². The average molecular weight is 551 g/mol. The molecule has 6 rings (SSSR count). The van der Waals surface area contributed by atoms with Crippen LogP contribution < -0.4 is 5.73 Å². The molecular formula is C30H35ClN4O4. The summed E-state index contributed by atoms with van der Waals surface area (Å²) >= 11 is 6.62. The van der Waals surface area contributed by atoms with E-state index >= 15 is 0 Å². The zero-order valence-corrected chi connectivity index (χ0v) is 23.0. The van der Waals surface area contributed by atoms with Crippen LogP contribution in [0.4, 0.5) is 0 Å². The Morgan fingerprint density at radius 3 is 2.51 bits per heavy atom. The maximum atomic E-state index is 14.1. The first-order chi connectivity index (χ1) is 18.7. The number of carbonyl (C=O) groups excluding carboxylic acids is 2. The Kier molecular flexibility index (Phi) is 6.66. The molecule has 2 heterocycles. The molecule has 2 fully saturated rings. The summed E-state index contributed by atoms with van der Waals surface area (Å²) in [5.41, 5.74) is 10.9. The quantitative estimate of drug-likeness (QED) is 0.554. The van der Waals surface area contributed by atoms with Crippen LogP contribution in [0.2, 0.25) is 5.02 Å². The second kappa shape index (κ2) is 9.89. The van der Waals surface area contributed by atoms with Crippen molar-refractivity contribution in [3.05, 3.63) is 57.4 Å². The number of fused-ring (bicyclic) bond motifs is 1. The Morgan fingerprint density at radius 1 is 1.13 bits per heavy atom. The van der Waals surface area contributed by atoms with Crippen molar-refractivity contribution in [3.63, 3.8) is 0 Å². The van der Waals surface area contributed by atoms with Gasteiger partial charge in [0.25, 0.3) is 5.91 Å². The summed E-state index contributed by atoms with van der Waals surface area (Å²) in [7, 11) is 0. The second-order valence-electron chi connectivity index (χ2n) is 12.2. The van der Waals surface area contributed by atoms with Gasteiger partial charge in [-0.25, -0.2) is 0 Å². The number of carboxylic acids is 1. The number of carboxylic acid groups (broad SMARTS) is 1. The first kappa shape index (κ1) is 26.3. The van der Waals surface area contributed by atoms with E-state index < -0.39 is 11.9 Å². The van der Waals surface area contributed by atoms with E-state index in [9.17, 15) is 19.5 Å². The maximum absolute atomic E-state index is 14.1. The van der Waals surface area contributed by atoms with Gasteiger partial charge in [0.15, 0.2) is 0 Å². The molecule has 2 aromatic rings. The largest absolute Gasteiger partial charge is 0.481 e. The van der Waals surface area contributed by atoms with E-state index in [2.05, 4.69) is 6.92 Å². The number of amides is 1. The van der Waals surface area contributed by atoms with Crippen molar-refractivity contribution in [2.45, 2.75) is 64.2 Å². The van der Waals surface area contributed by atoms with Crippen LogP contribution >= 0.6 is 11.6 Å². The molecule has 8 nitrogen and oxygen atoms in total. The topological polar surface area (TPSA) is 119 Å². The number of aromatic nitrogens is 2. The highest BCUT2D eigenvalue weighted by Gasteiger charge is 2.44. The van der Waals surface area contributed by atoms with Crippen molar-refractivity contribution >= 4 is 35.0 Å². The molecule has 2 unspecified atom stereocenters. The third-order valence-corrected chi connectivity index (χ3v) is 9.42. The van der Waals surface area contributed by atoms with Gasteiger partial charge in [-0.2, -0.15) is 9.78 Å². The minimum absolute atomic E-state index is 0.0229. The number of rotatable bonds is 6. The molecule has 0 bridgehead atoms. The minimum Gasteiger partial charge on any atom is -0.481 e. The molecule has 3 N–H and O–H groups in total. The van der Waals surface area contributed by atoms with Crippen molar-refractivity contribution in [3.8, 4) is 0 Å². The van der Waals surface area contributed by atoms with E-state index in [-0.39, 0.29) is 23.1 Å². The minimum atomic E-state index is -0.780. The predicted molar refractivity (Wildman–Crippen MR) is 148 cm³/mol. The van der Waals surface area contributed by atoms with Crippen LogP contribution in [-0.4, -0.2) is 57.2 Å². The van der Waals surface area contributed by atoms with Gasteiger partial charge in [-0.15, -0.1) is 0 Å². The number of halogens is 1. The van der Waals surface area contributed by atoms with Crippen molar-refractivity contribution in [2.24, 2.45) is 23.0 Å². The number of benzene rings is 1. The third kappa shape index (κ3) is 4.72. The first-order valence-electron chi connectivity index (χ1n) is 14.0. The van der Waals surface area contributed by atoms with Crippen molar-refractivity contribution in [1.29, 1.82) is 0 Å². The van der Waals surface area contributed by atoms with Gasteiger partial charge < -0.3 is 15.7 Å². The normalized spacial score (nSPS) is 24.0. The molecule has 1 saturated heterocycles. The van der Waals surface area contributed by atoms with Crippen molar-refractivity contribution in [1.82, 2.24) is 14.7 Å². The molecule has 1 aromatic heterocycles. The molecule has 1 aromatic carbocycles. The summed E-state index contributed by atoms with van der Waals surface area (Å²) in [5, 5.41) is 14.7.